The van der Waals surface area contributed by atoms with Gasteiger partial charge in [-0.05, 0) is 12.1 Å². The maximum Gasteiger partial charge on any atom is 0.294 e. The minimum atomic E-state index is -0.386. The van der Waals surface area contributed by atoms with Crippen molar-refractivity contribution >= 4 is 32.6 Å². The van der Waals surface area contributed by atoms with Crippen molar-refractivity contribution in [2.24, 2.45) is 0 Å². The van der Waals surface area contributed by atoms with Crippen molar-refractivity contribution in [3.8, 4) is 11.3 Å². The molecular weight excluding hydrogens is 430 g/mol. The molecule has 32 heavy (non-hydrogen) atoms. The molecule has 0 spiro atoms. The molecule has 0 bridgehead atoms. The Morgan fingerprint density at radius 1 is 1.12 bits per heavy atom. The van der Waals surface area contributed by atoms with Crippen molar-refractivity contribution in [1.29, 1.82) is 0 Å². The van der Waals surface area contributed by atoms with Crippen molar-refractivity contribution in [2.75, 3.05) is 31.2 Å². The van der Waals surface area contributed by atoms with Crippen LogP contribution in [-0.2, 0) is 22.6 Å². The van der Waals surface area contributed by atoms with Crippen molar-refractivity contribution in [1.82, 2.24) is 20.1 Å². The van der Waals surface area contributed by atoms with Crippen molar-refractivity contribution in [3.05, 3.63) is 64.8 Å². The molecule has 0 aliphatic carbocycles. The molecule has 4 aromatic rings. The first kappa shape index (κ1) is 20.4. The molecule has 4 heterocycles. The zero-order valence-corrected chi connectivity index (χ0v) is 18.0. The van der Waals surface area contributed by atoms with Gasteiger partial charge in [0.1, 0.15) is 18.0 Å². The Labute approximate surface area is 187 Å². The normalized spacial score (nSPS) is 14.1. The summed E-state index contributed by atoms with van der Waals surface area (Å²) in [4.78, 5) is 32.4. The maximum atomic E-state index is 13.2. The third-order valence-corrected chi connectivity index (χ3v) is 6.27. The van der Waals surface area contributed by atoms with Gasteiger partial charge in [-0.3, -0.25) is 9.59 Å². The largest absolute Gasteiger partial charge is 0.467 e. The molecule has 164 valence electrons. The van der Waals surface area contributed by atoms with E-state index < -0.39 is 0 Å². The quantitative estimate of drug-likeness (QED) is 0.480. The summed E-state index contributed by atoms with van der Waals surface area (Å²) in [6.07, 6.45) is 1.54. The maximum absolute atomic E-state index is 13.2. The SMILES string of the molecule is O=C(Cn1nc(-c2ccccc2)c2sc(N3CCOCC3)nc2c1=O)NCc1ccco1. The number of aromatic nitrogens is 3. The Bertz CT molecular complexity index is 1280. The Morgan fingerprint density at radius 2 is 1.94 bits per heavy atom. The van der Waals surface area contributed by atoms with Gasteiger partial charge in [-0.25, -0.2) is 9.67 Å². The number of morpholine rings is 1. The fourth-order valence-electron chi connectivity index (χ4n) is 3.52. The van der Waals surface area contributed by atoms with Crippen LogP contribution in [-0.4, -0.2) is 47.0 Å². The lowest BCUT2D eigenvalue weighted by molar-refractivity contribution is -0.122. The van der Waals surface area contributed by atoms with Crippen LogP contribution >= 0.6 is 11.3 Å². The van der Waals surface area contributed by atoms with Crippen LogP contribution in [0.25, 0.3) is 21.5 Å². The average Bonchev–Trinajstić information content (AvgIpc) is 3.51. The van der Waals surface area contributed by atoms with E-state index in [9.17, 15) is 9.59 Å². The van der Waals surface area contributed by atoms with Gasteiger partial charge >= 0.3 is 0 Å². The van der Waals surface area contributed by atoms with E-state index in [2.05, 4.69) is 20.3 Å². The van der Waals surface area contributed by atoms with Crippen LogP contribution in [0.15, 0.2) is 57.9 Å². The molecule has 1 aliphatic heterocycles. The summed E-state index contributed by atoms with van der Waals surface area (Å²) in [5.41, 5.74) is 1.43. The lowest BCUT2D eigenvalue weighted by Gasteiger charge is -2.25. The van der Waals surface area contributed by atoms with Gasteiger partial charge in [-0.1, -0.05) is 41.7 Å². The molecule has 0 atom stereocenters. The summed E-state index contributed by atoms with van der Waals surface area (Å²) in [6, 6.07) is 13.1. The molecule has 1 saturated heterocycles. The summed E-state index contributed by atoms with van der Waals surface area (Å²) < 4.78 is 12.6. The summed E-state index contributed by atoms with van der Waals surface area (Å²) in [5.74, 6) is 0.298. The highest BCUT2D eigenvalue weighted by molar-refractivity contribution is 7.22. The van der Waals surface area contributed by atoms with Gasteiger partial charge < -0.3 is 19.4 Å². The minimum absolute atomic E-state index is 0.209. The molecule has 0 unspecified atom stereocenters. The van der Waals surface area contributed by atoms with Gasteiger partial charge in [0.15, 0.2) is 10.6 Å². The van der Waals surface area contributed by atoms with Crippen LogP contribution < -0.4 is 15.8 Å². The molecule has 1 amide bonds. The lowest BCUT2D eigenvalue weighted by atomic mass is 10.1. The summed E-state index contributed by atoms with van der Waals surface area (Å²) in [7, 11) is 0. The van der Waals surface area contributed by atoms with E-state index in [0.717, 1.165) is 28.5 Å². The molecule has 1 fully saturated rings. The molecule has 1 N–H and O–H groups in total. The molecule has 1 aliphatic rings. The number of nitrogens with zero attached hydrogens (tertiary/aromatic N) is 4. The number of ether oxygens (including phenoxy) is 1. The minimum Gasteiger partial charge on any atom is -0.467 e. The van der Waals surface area contributed by atoms with E-state index in [0.29, 0.717) is 30.2 Å². The van der Waals surface area contributed by atoms with Crippen LogP contribution in [0.2, 0.25) is 0 Å². The fourth-order valence-corrected chi connectivity index (χ4v) is 4.64. The standard InChI is InChI=1S/C22H21N5O4S/c28-17(23-13-16-7-4-10-31-16)14-27-21(29)19-20(18(25-27)15-5-2-1-3-6-15)32-22(24-19)26-8-11-30-12-9-26/h1-7,10H,8-9,11-14H2,(H,23,28). The number of hydrogen-bond donors (Lipinski definition) is 1. The second kappa shape index (κ2) is 8.93. The Kier molecular flexibility index (Phi) is 5.70. The van der Waals surface area contributed by atoms with E-state index in [-0.39, 0.29) is 24.6 Å². The van der Waals surface area contributed by atoms with E-state index in [1.165, 1.54) is 16.0 Å². The number of carbonyl (C=O) groups is 1. The zero-order chi connectivity index (χ0) is 21.9. The Morgan fingerprint density at radius 3 is 2.69 bits per heavy atom. The van der Waals surface area contributed by atoms with Gasteiger partial charge in [-0.2, -0.15) is 5.10 Å². The van der Waals surface area contributed by atoms with E-state index in [1.54, 1.807) is 18.4 Å². The third-order valence-electron chi connectivity index (χ3n) is 5.15. The van der Waals surface area contributed by atoms with Crippen molar-refractivity contribution in [2.45, 2.75) is 13.1 Å². The zero-order valence-electron chi connectivity index (χ0n) is 17.2. The number of benzene rings is 1. The van der Waals surface area contributed by atoms with Crippen LogP contribution in [0.5, 0.6) is 0 Å². The van der Waals surface area contributed by atoms with Crippen LogP contribution in [0.1, 0.15) is 5.76 Å². The first-order valence-corrected chi connectivity index (χ1v) is 11.1. The molecule has 3 aromatic heterocycles. The lowest BCUT2D eigenvalue weighted by Crippen LogP contribution is -2.36. The van der Waals surface area contributed by atoms with Crippen LogP contribution in [0.3, 0.4) is 0 Å². The fraction of sp³-hybridized carbons (Fsp3) is 0.273. The number of rotatable bonds is 6. The number of carbonyl (C=O) groups excluding carboxylic acids is 1. The predicted octanol–water partition coefficient (Wildman–Crippen LogP) is 2.27. The Balaban J connectivity index is 1.51. The molecular formula is C22H21N5O4S. The summed E-state index contributed by atoms with van der Waals surface area (Å²) >= 11 is 1.45. The van der Waals surface area contributed by atoms with Crippen LogP contribution in [0, 0.1) is 0 Å². The summed E-state index contributed by atoms with van der Waals surface area (Å²) in [5, 5.41) is 8.08. The smallest absolute Gasteiger partial charge is 0.294 e. The predicted molar refractivity (Wildman–Crippen MR) is 121 cm³/mol. The van der Waals surface area contributed by atoms with E-state index in [1.807, 2.05) is 30.3 Å². The van der Waals surface area contributed by atoms with Gasteiger partial charge in [0, 0.05) is 18.7 Å². The summed E-state index contributed by atoms with van der Waals surface area (Å²) in [6.45, 7) is 2.72. The highest BCUT2D eigenvalue weighted by Gasteiger charge is 2.22. The van der Waals surface area contributed by atoms with Gasteiger partial charge in [0.2, 0.25) is 5.91 Å². The average molecular weight is 452 g/mol. The number of amides is 1. The number of anilines is 1. The highest BCUT2D eigenvalue weighted by Crippen LogP contribution is 2.33. The first-order chi connectivity index (χ1) is 15.7. The Hall–Kier alpha value is -3.50. The molecule has 1 aromatic carbocycles. The number of hydrogen-bond acceptors (Lipinski definition) is 8. The van der Waals surface area contributed by atoms with Crippen LogP contribution in [0.4, 0.5) is 5.13 Å². The molecule has 10 heteroatoms. The number of furan rings is 1. The van der Waals surface area contributed by atoms with Gasteiger partial charge in [0.25, 0.3) is 5.56 Å². The van der Waals surface area contributed by atoms with Crippen molar-refractivity contribution < 1.29 is 13.9 Å². The second-order valence-corrected chi connectivity index (χ2v) is 8.28. The van der Waals surface area contributed by atoms with E-state index >= 15 is 0 Å². The second-order valence-electron chi connectivity index (χ2n) is 7.31. The molecule has 0 saturated carbocycles. The molecule has 0 radical (unpaired) electrons. The number of nitrogens with one attached hydrogen (secondary N) is 1. The van der Waals surface area contributed by atoms with E-state index in [4.69, 9.17) is 9.15 Å². The van der Waals surface area contributed by atoms with Crippen molar-refractivity contribution in [3.63, 3.8) is 0 Å². The number of fused-ring (bicyclic) bond motifs is 1. The number of thiazole rings is 1. The van der Waals surface area contributed by atoms with Gasteiger partial charge in [0.05, 0.1) is 30.7 Å². The topological polar surface area (TPSA) is 102 Å². The molecule has 9 nitrogen and oxygen atoms in total. The molecule has 5 rings (SSSR count). The first-order valence-electron chi connectivity index (χ1n) is 10.3. The highest BCUT2D eigenvalue weighted by atomic mass is 32.1. The third kappa shape index (κ3) is 4.14. The van der Waals surface area contributed by atoms with Gasteiger partial charge in [-0.15, -0.1) is 0 Å². The monoisotopic (exact) mass is 451 g/mol.